The lowest BCUT2D eigenvalue weighted by Gasteiger charge is -2.07. The molecule has 4 N–H and O–H groups in total. The van der Waals surface area contributed by atoms with Crippen molar-refractivity contribution >= 4 is 22.6 Å². The van der Waals surface area contributed by atoms with E-state index in [1.807, 2.05) is 79.8 Å². The smallest absolute Gasteiger partial charge is 0.128 e. The summed E-state index contributed by atoms with van der Waals surface area (Å²) in [6.07, 6.45) is 0. The largest absolute Gasteiger partial charge is 0.489 e. The second-order valence-electron chi connectivity index (χ2n) is 6.86. The second kappa shape index (κ2) is 8.06. The SMILES string of the molecule is Cn1c(CNc2ccc(C(=N)N)cc2)nc2cc(OCc3ccccc3)ccc21. The van der Waals surface area contributed by atoms with Crippen molar-refractivity contribution in [2.45, 2.75) is 13.2 Å². The summed E-state index contributed by atoms with van der Waals surface area (Å²) in [6, 6.07) is 23.6. The molecule has 0 saturated carbocycles. The van der Waals surface area contributed by atoms with Gasteiger partial charge in [-0.15, -0.1) is 0 Å². The fourth-order valence-corrected chi connectivity index (χ4v) is 3.17. The third kappa shape index (κ3) is 4.21. The summed E-state index contributed by atoms with van der Waals surface area (Å²) in [5.74, 6) is 1.80. The molecule has 0 atom stereocenters. The standard InChI is InChI=1S/C23H23N5O/c1-28-21-12-11-19(29-15-16-5-3-2-4-6-16)13-20(21)27-22(28)14-26-18-9-7-17(8-10-18)23(24)25/h2-13,26H,14-15H2,1H3,(H3,24,25). The van der Waals surface area contributed by atoms with Crippen molar-refractivity contribution in [3.63, 3.8) is 0 Å². The monoisotopic (exact) mass is 385 g/mol. The molecule has 0 spiro atoms. The van der Waals surface area contributed by atoms with Gasteiger partial charge in [0.1, 0.15) is 24.0 Å². The van der Waals surface area contributed by atoms with Crippen molar-refractivity contribution in [1.82, 2.24) is 9.55 Å². The average molecular weight is 385 g/mol. The molecule has 3 aromatic carbocycles. The topological polar surface area (TPSA) is 89.0 Å². The highest BCUT2D eigenvalue weighted by atomic mass is 16.5. The zero-order chi connectivity index (χ0) is 20.2. The highest BCUT2D eigenvalue weighted by Crippen LogP contribution is 2.22. The number of benzene rings is 3. The van der Waals surface area contributed by atoms with Gasteiger partial charge in [-0.25, -0.2) is 4.98 Å². The Labute approximate surface area is 169 Å². The van der Waals surface area contributed by atoms with Crippen LogP contribution in [0.4, 0.5) is 5.69 Å². The summed E-state index contributed by atoms with van der Waals surface area (Å²) < 4.78 is 7.99. The normalized spacial score (nSPS) is 10.8. The van der Waals surface area contributed by atoms with Gasteiger partial charge in [0.15, 0.2) is 0 Å². The molecule has 0 bridgehead atoms. The van der Waals surface area contributed by atoms with Gasteiger partial charge in [0.2, 0.25) is 0 Å². The van der Waals surface area contributed by atoms with Crippen molar-refractivity contribution in [2.24, 2.45) is 12.8 Å². The van der Waals surface area contributed by atoms with E-state index in [4.69, 9.17) is 20.9 Å². The van der Waals surface area contributed by atoms with E-state index in [1.54, 1.807) is 0 Å². The quantitative estimate of drug-likeness (QED) is 0.331. The van der Waals surface area contributed by atoms with Gasteiger partial charge in [0.25, 0.3) is 0 Å². The van der Waals surface area contributed by atoms with Gasteiger partial charge >= 0.3 is 0 Å². The zero-order valence-corrected chi connectivity index (χ0v) is 16.2. The summed E-state index contributed by atoms with van der Waals surface area (Å²) in [6.45, 7) is 1.12. The Bertz CT molecular complexity index is 1130. The van der Waals surface area contributed by atoms with Gasteiger partial charge in [-0.1, -0.05) is 30.3 Å². The van der Waals surface area contributed by atoms with Crippen LogP contribution in [0, 0.1) is 5.41 Å². The van der Waals surface area contributed by atoms with Crippen LogP contribution < -0.4 is 15.8 Å². The number of nitrogens with zero attached hydrogens (tertiary/aromatic N) is 2. The van der Waals surface area contributed by atoms with Crippen LogP contribution in [0.15, 0.2) is 72.8 Å². The molecule has 1 heterocycles. The fraction of sp³-hybridized carbons (Fsp3) is 0.130. The van der Waals surface area contributed by atoms with Crippen LogP contribution in [-0.2, 0) is 20.2 Å². The van der Waals surface area contributed by atoms with Gasteiger partial charge in [0, 0.05) is 24.4 Å². The number of amidine groups is 1. The number of hydrogen-bond donors (Lipinski definition) is 3. The van der Waals surface area contributed by atoms with Crippen LogP contribution in [0.2, 0.25) is 0 Å². The Morgan fingerprint density at radius 2 is 1.83 bits per heavy atom. The first-order valence-corrected chi connectivity index (χ1v) is 9.40. The summed E-state index contributed by atoms with van der Waals surface area (Å²) >= 11 is 0. The lowest BCUT2D eigenvalue weighted by molar-refractivity contribution is 0.306. The van der Waals surface area contributed by atoms with Crippen molar-refractivity contribution in [1.29, 1.82) is 5.41 Å². The van der Waals surface area contributed by atoms with Crippen LogP contribution in [0.5, 0.6) is 5.75 Å². The minimum Gasteiger partial charge on any atom is -0.489 e. The van der Waals surface area contributed by atoms with E-state index < -0.39 is 0 Å². The van der Waals surface area contributed by atoms with Crippen molar-refractivity contribution in [3.05, 3.63) is 89.7 Å². The minimum atomic E-state index is 0.0668. The third-order valence-corrected chi connectivity index (χ3v) is 4.84. The number of nitrogens with two attached hydrogens (primary N) is 1. The fourth-order valence-electron chi connectivity index (χ4n) is 3.17. The molecule has 6 heteroatoms. The highest BCUT2D eigenvalue weighted by Gasteiger charge is 2.09. The summed E-state index contributed by atoms with van der Waals surface area (Å²) in [4.78, 5) is 4.76. The Hall–Kier alpha value is -3.80. The molecule has 146 valence electrons. The zero-order valence-electron chi connectivity index (χ0n) is 16.2. The summed E-state index contributed by atoms with van der Waals surface area (Å²) in [5, 5.41) is 10.8. The minimum absolute atomic E-state index is 0.0668. The van der Waals surface area contributed by atoms with Crippen molar-refractivity contribution in [2.75, 3.05) is 5.32 Å². The van der Waals surface area contributed by atoms with Gasteiger partial charge in [-0.05, 0) is 42.0 Å². The van der Waals surface area contributed by atoms with E-state index in [9.17, 15) is 0 Å². The van der Waals surface area contributed by atoms with E-state index in [-0.39, 0.29) is 5.84 Å². The molecule has 0 aliphatic carbocycles. The summed E-state index contributed by atoms with van der Waals surface area (Å²) in [7, 11) is 2.01. The summed E-state index contributed by atoms with van der Waals surface area (Å²) in [5.41, 5.74) is 10.3. The second-order valence-corrected chi connectivity index (χ2v) is 6.86. The molecule has 4 rings (SSSR count). The Morgan fingerprint density at radius 1 is 1.07 bits per heavy atom. The molecule has 0 saturated heterocycles. The molecule has 0 aliphatic rings. The number of rotatable bonds is 7. The number of anilines is 1. The maximum Gasteiger partial charge on any atom is 0.128 e. The van der Waals surface area contributed by atoms with E-state index in [0.717, 1.165) is 33.9 Å². The Balaban J connectivity index is 1.46. The average Bonchev–Trinajstić information content (AvgIpc) is 3.07. The number of nitrogen functional groups attached to an aromatic ring is 1. The molecular formula is C23H23N5O. The maximum atomic E-state index is 7.46. The number of aromatic nitrogens is 2. The lowest BCUT2D eigenvalue weighted by atomic mass is 10.2. The van der Waals surface area contributed by atoms with Crippen LogP contribution in [0.25, 0.3) is 11.0 Å². The van der Waals surface area contributed by atoms with E-state index in [0.29, 0.717) is 18.7 Å². The molecule has 4 aromatic rings. The molecular weight excluding hydrogens is 362 g/mol. The van der Waals surface area contributed by atoms with E-state index >= 15 is 0 Å². The number of imidazole rings is 1. The van der Waals surface area contributed by atoms with E-state index in [2.05, 4.69) is 9.88 Å². The van der Waals surface area contributed by atoms with Crippen molar-refractivity contribution < 1.29 is 4.74 Å². The molecule has 0 radical (unpaired) electrons. The molecule has 0 amide bonds. The number of aryl methyl sites for hydroxylation is 1. The highest BCUT2D eigenvalue weighted by molar-refractivity contribution is 5.95. The molecule has 0 unspecified atom stereocenters. The molecule has 1 aromatic heterocycles. The number of hydrogen-bond acceptors (Lipinski definition) is 4. The van der Waals surface area contributed by atoms with Crippen LogP contribution in [0.3, 0.4) is 0 Å². The molecule has 0 fully saturated rings. The first-order chi connectivity index (χ1) is 14.1. The third-order valence-electron chi connectivity index (χ3n) is 4.84. The number of ether oxygens (including phenoxy) is 1. The Kier molecular flexibility index (Phi) is 5.16. The maximum absolute atomic E-state index is 7.46. The molecule has 6 nitrogen and oxygen atoms in total. The molecule has 29 heavy (non-hydrogen) atoms. The van der Waals surface area contributed by atoms with Gasteiger partial charge in [-0.3, -0.25) is 5.41 Å². The van der Waals surface area contributed by atoms with Crippen LogP contribution in [-0.4, -0.2) is 15.4 Å². The first-order valence-electron chi connectivity index (χ1n) is 9.40. The van der Waals surface area contributed by atoms with Gasteiger partial charge < -0.3 is 20.4 Å². The Morgan fingerprint density at radius 3 is 2.55 bits per heavy atom. The number of nitrogens with one attached hydrogen (secondary N) is 2. The van der Waals surface area contributed by atoms with Crippen LogP contribution >= 0.6 is 0 Å². The lowest BCUT2D eigenvalue weighted by Crippen LogP contribution is -2.11. The first kappa shape index (κ1) is 18.6. The van der Waals surface area contributed by atoms with Crippen molar-refractivity contribution in [3.8, 4) is 5.75 Å². The number of fused-ring (bicyclic) bond motifs is 1. The predicted molar refractivity (Wildman–Crippen MR) is 116 cm³/mol. The van der Waals surface area contributed by atoms with Crippen LogP contribution in [0.1, 0.15) is 17.0 Å². The van der Waals surface area contributed by atoms with Gasteiger partial charge in [-0.2, -0.15) is 0 Å². The van der Waals surface area contributed by atoms with E-state index in [1.165, 1.54) is 0 Å². The predicted octanol–water partition coefficient (Wildman–Crippen LogP) is 4.05. The molecule has 0 aliphatic heterocycles. The van der Waals surface area contributed by atoms with Gasteiger partial charge in [0.05, 0.1) is 17.6 Å².